The summed E-state index contributed by atoms with van der Waals surface area (Å²) in [5.41, 5.74) is 0.426. The Kier molecular flexibility index (Phi) is 3.57. The molecule has 0 atom stereocenters. The van der Waals surface area contributed by atoms with Crippen molar-refractivity contribution >= 4 is 0 Å². The van der Waals surface area contributed by atoms with Crippen LogP contribution in [0.3, 0.4) is 0 Å². The fraction of sp³-hybridized carbons (Fsp3) is 0.133. The van der Waals surface area contributed by atoms with E-state index in [2.05, 4.69) is 0 Å². The highest BCUT2D eigenvalue weighted by molar-refractivity contribution is 5.69. The molecular weight excluding hydrogens is 251 g/mol. The lowest BCUT2D eigenvalue weighted by Gasteiger charge is -2.15. The van der Waals surface area contributed by atoms with Crippen molar-refractivity contribution in [1.29, 1.82) is 5.26 Å². The highest BCUT2D eigenvalue weighted by atomic mass is 19.4. The van der Waals surface area contributed by atoms with Gasteiger partial charge in [0, 0.05) is 0 Å². The third-order valence-electron chi connectivity index (χ3n) is 2.82. The van der Waals surface area contributed by atoms with E-state index in [1.165, 1.54) is 6.07 Å². The first-order chi connectivity index (χ1) is 9.04. The van der Waals surface area contributed by atoms with Crippen molar-refractivity contribution in [3.05, 3.63) is 59.7 Å². The van der Waals surface area contributed by atoms with Gasteiger partial charge >= 0.3 is 6.18 Å². The lowest BCUT2D eigenvalue weighted by Crippen LogP contribution is -2.10. The third kappa shape index (κ3) is 2.76. The molecule has 0 N–H and O–H groups in total. The maximum absolute atomic E-state index is 13.0. The van der Waals surface area contributed by atoms with Gasteiger partial charge in [-0.25, -0.2) is 0 Å². The van der Waals surface area contributed by atoms with Crippen molar-refractivity contribution in [2.45, 2.75) is 12.6 Å². The van der Waals surface area contributed by atoms with Gasteiger partial charge in [0.25, 0.3) is 0 Å². The van der Waals surface area contributed by atoms with Gasteiger partial charge in [-0.05, 0) is 22.8 Å². The molecule has 4 heteroatoms. The molecular formula is C15H10F3N. The fourth-order valence-electron chi connectivity index (χ4n) is 2.01. The molecule has 19 heavy (non-hydrogen) atoms. The Hall–Kier alpha value is -2.28. The smallest absolute Gasteiger partial charge is 0.198 e. The first-order valence-corrected chi connectivity index (χ1v) is 5.65. The van der Waals surface area contributed by atoms with Gasteiger partial charge in [-0.3, -0.25) is 0 Å². The first-order valence-electron chi connectivity index (χ1n) is 5.65. The normalized spacial score (nSPS) is 11.1. The lowest BCUT2D eigenvalue weighted by atomic mass is 9.93. The van der Waals surface area contributed by atoms with Crippen LogP contribution in [0, 0.1) is 11.3 Å². The molecule has 2 aromatic carbocycles. The molecule has 0 unspecified atom stereocenters. The minimum atomic E-state index is -4.45. The second-order valence-corrected chi connectivity index (χ2v) is 4.03. The van der Waals surface area contributed by atoms with Crippen LogP contribution in [0.25, 0.3) is 11.1 Å². The molecule has 0 fully saturated rings. The van der Waals surface area contributed by atoms with Crippen LogP contribution in [-0.2, 0) is 12.6 Å². The van der Waals surface area contributed by atoms with Gasteiger partial charge in [0.1, 0.15) is 0 Å². The Morgan fingerprint density at radius 3 is 2.21 bits per heavy atom. The number of benzene rings is 2. The van der Waals surface area contributed by atoms with Crippen molar-refractivity contribution in [2.24, 2.45) is 0 Å². The molecule has 1 nitrogen and oxygen atoms in total. The molecule has 0 amide bonds. The summed E-state index contributed by atoms with van der Waals surface area (Å²) < 4.78 is 38.9. The molecule has 2 rings (SSSR count). The number of alkyl halides is 3. The highest BCUT2D eigenvalue weighted by Crippen LogP contribution is 2.36. The monoisotopic (exact) mass is 261 g/mol. The van der Waals surface area contributed by atoms with E-state index in [-0.39, 0.29) is 12.0 Å². The standard InChI is InChI=1S/C15H10F3N/c16-15(17,18)14-8-4-7-12(13(14)9-10-19)11-5-2-1-3-6-11/h1-8H,9H2. The van der Waals surface area contributed by atoms with E-state index in [0.29, 0.717) is 11.1 Å². The molecule has 96 valence electrons. The van der Waals surface area contributed by atoms with Crippen LogP contribution in [0.2, 0.25) is 0 Å². The van der Waals surface area contributed by atoms with Crippen molar-refractivity contribution in [2.75, 3.05) is 0 Å². The SMILES string of the molecule is N#CCc1c(-c2ccccc2)cccc1C(F)(F)F. The Balaban J connectivity index is 2.66. The zero-order valence-corrected chi connectivity index (χ0v) is 9.91. The minimum Gasteiger partial charge on any atom is -0.198 e. The van der Waals surface area contributed by atoms with E-state index in [0.717, 1.165) is 6.07 Å². The molecule has 0 saturated heterocycles. The molecule has 0 aliphatic carbocycles. The zero-order valence-electron chi connectivity index (χ0n) is 9.91. The summed E-state index contributed by atoms with van der Waals surface area (Å²) in [5.74, 6) is 0. The molecule has 0 saturated carbocycles. The number of nitrogens with zero attached hydrogens (tertiary/aromatic N) is 1. The van der Waals surface area contributed by atoms with E-state index in [1.54, 1.807) is 42.5 Å². The van der Waals surface area contributed by atoms with Gasteiger partial charge in [0.15, 0.2) is 0 Å². The summed E-state index contributed by atoms with van der Waals surface area (Å²) in [6.45, 7) is 0. The van der Waals surface area contributed by atoms with E-state index in [4.69, 9.17) is 5.26 Å². The fourth-order valence-corrected chi connectivity index (χ4v) is 2.01. The topological polar surface area (TPSA) is 23.8 Å². The summed E-state index contributed by atoms with van der Waals surface area (Å²) in [7, 11) is 0. The Bertz CT molecular complexity index is 610. The van der Waals surface area contributed by atoms with Crippen LogP contribution >= 0.6 is 0 Å². The van der Waals surface area contributed by atoms with Crippen LogP contribution in [0.15, 0.2) is 48.5 Å². The third-order valence-corrected chi connectivity index (χ3v) is 2.82. The predicted molar refractivity (Wildman–Crippen MR) is 66.2 cm³/mol. The minimum absolute atomic E-state index is 0.0312. The van der Waals surface area contributed by atoms with Gasteiger partial charge in [0.05, 0.1) is 18.1 Å². The highest BCUT2D eigenvalue weighted by Gasteiger charge is 2.34. The van der Waals surface area contributed by atoms with Crippen molar-refractivity contribution in [3.63, 3.8) is 0 Å². The van der Waals surface area contributed by atoms with Gasteiger partial charge in [-0.15, -0.1) is 0 Å². The summed E-state index contributed by atoms with van der Waals surface area (Å²) >= 11 is 0. The first kappa shape index (κ1) is 13.2. The van der Waals surface area contributed by atoms with E-state index in [1.807, 2.05) is 0 Å². The van der Waals surface area contributed by atoms with E-state index < -0.39 is 11.7 Å². The van der Waals surface area contributed by atoms with Gasteiger partial charge in [-0.2, -0.15) is 18.4 Å². The van der Waals surface area contributed by atoms with Crippen LogP contribution in [0.4, 0.5) is 13.2 Å². The van der Waals surface area contributed by atoms with Crippen molar-refractivity contribution in [1.82, 2.24) is 0 Å². The summed E-state index contributed by atoms with van der Waals surface area (Å²) in [4.78, 5) is 0. The van der Waals surface area contributed by atoms with Crippen molar-refractivity contribution in [3.8, 4) is 17.2 Å². The van der Waals surface area contributed by atoms with Crippen LogP contribution < -0.4 is 0 Å². The van der Waals surface area contributed by atoms with E-state index in [9.17, 15) is 13.2 Å². The average Bonchev–Trinajstić information content (AvgIpc) is 2.39. The molecule has 0 heterocycles. The zero-order chi connectivity index (χ0) is 13.9. The second-order valence-electron chi connectivity index (χ2n) is 4.03. The van der Waals surface area contributed by atoms with Crippen LogP contribution in [0.5, 0.6) is 0 Å². The molecule has 0 aliphatic rings. The lowest BCUT2D eigenvalue weighted by molar-refractivity contribution is -0.138. The second kappa shape index (κ2) is 5.15. The molecule has 0 spiro atoms. The molecule has 0 bridgehead atoms. The molecule has 0 aromatic heterocycles. The van der Waals surface area contributed by atoms with Gasteiger partial charge in [-0.1, -0.05) is 42.5 Å². The number of nitriles is 1. The number of halogens is 3. The van der Waals surface area contributed by atoms with Crippen molar-refractivity contribution < 1.29 is 13.2 Å². The van der Waals surface area contributed by atoms with Gasteiger partial charge < -0.3 is 0 Å². The predicted octanol–water partition coefficient (Wildman–Crippen LogP) is 4.44. The molecule has 0 aliphatic heterocycles. The molecule has 0 radical (unpaired) electrons. The Labute approximate surface area is 108 Å². The number of hydrogen-bond acceptors (Lipinski definition) is 1. The summed E-state index contributed by atoms with van der Waals surface area (Å²) in [6, 6.07) is 14.6. The Morgan fingerprint density at radius 1 is 0.947 bits per heavy atom. The molecule has 2 aromatic rings. The average molecular weight is 261 g/mol. The quantitative estimate of drug-likeness (QED) is 0.784. The largest absolute Gasteiger partial charge is 0.416 e. The van der Waals surface area contributed by atoms with Crippen LogP contribution in [-0.4, -0.2) is 0 Å². The summed E-state index contributed by atoms with van der Waals surface area (Å²) in [6.07, 6.45) is -4.71. The van der Waals surface area contributed by atoms with Crippen LogP contribution in [0.1, 0.15) is 11.1 Å². The number of rotatable bonds is 2. The van der Waals surface area contributed by atoms with Gasteiger partial charge in [0.2, 0.25) is 0 Å². The maximum Gasteiger partial charge on any atom is 0.416 e. The maximum atomic E-state index is 13.0. The van der Waals surface area contributed by atoms with E-state index >= 15 is 0 Å². The number of hydrogen-bond donors (Lipinski definition) is 0. The Morgan fingerprint density at radius 2 is 1.63 bits per heavy atom. The summed E-state index contributed by atoms with van der Waals surface area (Å²) in [5, 5.41) is 8.76.